The molecule has 0 fully saturated rings. The number of hydrogen-bond acceptors (Lipinski definition) is 4. The molecule has 0 N–H and O–H groups in total. The van der Waals surface area contributed by atoms with E-state index in [2.05, 4.69) is 117 Å². The van der Waals surface area contributed by atoms with Crippen LogP contribution in [0.15, 0.2) is 97.2 Å². The maximum Gasteiger partial charge on any atom is 0.141 e. The molecule has 0 amide bonds. The Bertz CT molecular complexity index is 2250. The molecule has 4 aromatic carbocycles. The second kappa shape index (κ2) is 13.0. The van der Waals surface area contributed by atoms with Gasteiger partial charge in [0.1, 0.15) is 23.1 Å². The number of hydrogen-bond donors (Lipinski definition) is 0. The molecule has 0 aliphatic rings. The molecule has 0 bridgehead atoms. The Kier molecular flexibility index (Phi) is 8.49. The molecule has 0 spiro atoms. The molecule has 0 saturated carbocycles. The van der Waals surface area contributed by atoms with E-state index < -0.39 is 0 Å². The Balaban J connectivity index is 1.33. The summed E-state index contributed by atoms with van der Waals surface area (Å²) >= 11 is 0. The normalized spacial score (nSPS) is 11.5. The number of aryl methyl sites for hydroxylation is 4. The molecule has 6 nitrogen and oxygen atoms in total. The summed E-state index contributed by atoms with van der Waals surface area (Å²) in [5, 5.41) is 7.54. The van der Waals surface area contributed by atoms with Crippen molar-refractivity contribution in [3.63, 3.8) is 0 Å². The number of nitrogens with zero attached hydrogens (tertiary/aromatic N) is 4. The second-order valence-electron chi connectivity index (χ2n) is 12.2. The minimum absolute atomic E-state index is 0.751. The Labute approximate surface area is 282 Å². The quantitative estimate of drug-likeness (QED) is 0.150. The summed E-state index contributed by atoms with van der Waals surface area (Å²) < 4.78 is 16.5. The molecular formula is C42H42N4O2. The third-order valence-electron chi connectivity index (χ3n) is 9.32. The van der Waals surface area contributed by atoms with E-state index in [9.17, 15) is 0 Å². The standard InChI is InChI=1S/C42H42N4O2/c1-7-28-14-13-15-29(8-2)41(28)42-36(9-3)44-46(37(42)10-4)30-22-27(5)23-33(24-30)48-32-18-19-35-34-16-11-12-17-38(34)45(39(35)25-32)40-26-31(47-6)20-21-43-40/h11-26H,7-10H2,1-6H3. The summed E-state index contributed by atoms with van der Waals surface area (Å²) in [6, 6.07) is 31.6. The van der Waals surface area contributed by atoms with Crippen LogP contribution in [-0.2, 0) is 25.7 Å². The third-order valence-corrected chi connectivity index (χ3v) is 9.32. The fourth-order valence-electron chi connectivity index (χ4n) is 7.10. The Morgan fingerprint density at radius 2 is 1.42 bits per heavy atom. The minimum Gasteiger partial charge on any atom is -0.497 e. The minimum atomic E-state index is 0.751. The van der Waals surface area contributed by atoms with Gasteiger partial charge in [-0.05, 0) is 91.3 Å². The molecule has 7 rings (SSSR count). The first-order valence-electron chi connectivity index (χ1n) is 17.0. The molecule has 0 aliphatic heterocycles. The largest absolute Gasteiger partial charge is 0.497 e. The lowest BCUT2D eigenvalue weighted by Crippen LogP contribution is -2.04. The monoisotopic (exact) mass is 634 g/mol. The van der Waals surface area contributed by atoms with Crippen LogP contribution in [0.1, 0.15) is 55.8 Å². The van der Waals surface area contributed by atoms with E-state index in [1.54, 1.807) is 13.3 Å². The van der Waals surface area contributed by atoms with Crippen molar-refractivity contribution in [3.8, 4) is 39.9 Å². The van der Waals surface area contributed by atoms with Gasteiger partial charge in [0.25, 0.3) is 0 Å². The summed E-state index contributed by atoms with van der Waals surface area (Å²) in [5.74, 6) is 3.07. The van der Waals surface area contributed by atoms with Crippen molar-refractivity contribution < 1.29 is 9.47 Å². The Morgan fingerprint density at radius 3 is 2.15 bits per heavy atom. The Hall–Kier alpha value is -5.36. The maximum atomic E-state index is 6.66. The summed E-state index contributed by atoms with van der Waals surface area (Å²) in [7, 11) is 1.68. The van der Waals surface area contributed by atoms with Crippen LogP contribution in [0.25, 0.3) is 44.4 Å². The lowest BCUT2D eigenvalue weighted by molar-refractivity contribution is 0.414. The number of benzene rings is 4. The van der Waals surface area contributed by atoms with Crippen molar-refractivity contribution in [2.45, 2.75) is 60.3 Å². The van der Waals surface area contributed by atoms with Crippen LogP contribution in [0.4, 0.5) is 0 Å². The smallest absolute Gasteiger partial charge is 0.141 e. The highest BCUT2D eigenvalue weighted by molar-refractivity contribution is 6.09. The number of para-hydroxylation sites is 1. The van der Waals surface area contributed by atoms with E-state index in [0.29, 0.717) is 0 Å². The first kappa shape index (κ1) is 31.3. The third kappa shape index (κ3) is 5.41. The molecule has 0 unspecified atom stereocenters. The summed E-state index contributed by atoms with van der Waals surface area (Å²) in [6.07, 6.45) is 5.48. The highest BCUT2D eigenvalue weighted by Gasteiger charge is 2.23. The van der Waals surface area contributed by atoms with Crippen LogP contribution in [-0.4, -0.2) is 26.4 Å². The highest BCUT2D eigenvalue weighted by atomic mass is 16.5. The van der Waals surface area contributed by atoms with Gasteiger partial charge in [-0.25, -0.2) is 9.67 Å². The number of aromatic nitrogens is 4. The van der Waals surface area contributed by atoms with Crippen LogP contribution in [0.2, 0.25) is 0 Å². The molecule has 0 aliphatic carbocycles. The van der Waals surface area contributed by atoms with E-state index in [4.69, 9.17) is 19.6 Å². The van der Waals surface area contributed by atoms with E-state index in [0.717, 1.165) is 87.5 Å². The lowest BCUT2D eigenvalue weighted by atomic mass is 9.89. The van der Waals surface area contributed by atoms with Gasteiger partial charge in [0, 0.05) is 40.7 Å². The molecule has 6 heteroatoms. The van der Waals surface area contributed by atoms with Crippen molar-refractivity contribution in [1.29, 1.82) is 0 Å². The molecule has 7 aromatic rings. The van der Waals surface area contributed by atoms with Crippen molar-refractivity contribution in [1.82, 2.24) is 19.3 Å². The summed E-state index contributed by atoms with van der Waals surface area (Å²) in [6.45, 7) is 11.0. The zero-order valence-corrected chi connectivity index (χ0v) is 28.7. The van der Waals surface area contributed by atoms with E-state index in [1.165, 1.54) is 27.9 Å². The van der Waals surface area contributed by atoms with E-state index in [1.807, 2.05) is 18.2 Å². The van der Waals surface area contributed by atoms with Gasteiger partial charge in [0.15, 0.2) is 0 Å². The van der Waals surface area contributed by atoms with Crippen LogP contribution in [0.5, 0.6) is 17.2 Å². The van der Waals surface area contributed by atoms with Gasteiger partial charge in [-0.2, -0.15) is 5.10 Å². The number of fused-ring (bicyclic) bond motifs is 3. The fraction of sp³-hybridized carbons (Fsp3) is 0.238. The van der Waals surface area contributed by atoms with Gasteiger partial charge in [0.2, 0.25) is 0 Å². The fourth-order valence-corrected chi connectivity index (χ4v) is 7.10. The zero-order chi connectivity index (χ0) is 33.4. The van der Waals surface area contributed by atoms with Crippen molar-refractivity contribution >= 4 is 21.8 Å². The highest BCUT2D eigenvalue weighted by Crippen LogP contribution is 2.38. The van der Waals surface area contributed by atoms with Crippen LogP contribution < -0.4 is 9.47 Å². The van der Waals surface area contributed by atoms with Gasteiger partial charge in [-0.3, -0.25) is 4.57 Å². The number of methoxy groups -OCH3 is 1. The maximum absolute atomic E-state index is 6.66. The average molecular weight is 635 g/mol. The predicted octanol–water partition coefficient (Wildman–Crippen LogP) is 10.4. The first-order valence-corrected chi connectivity index (χ1v) is 17.0. The van der Waals surface area contributed by atoms with Crippen molar-refractivity contribution in [2.24, 2.45) is 0 Å². The zero-order valence-electron chi connectivity index (χ0n) is 28.7. The molecule has 48 heavy (non-hydrogen) atoms. The number of ether oxygens (including phenoxy) is 2. The molecule has 0 atom stereocenters. The molecule has 0 radical (unpaired) electrons. The Morgan fingerprint density at radius 1 is 0.646 bits per heavy atom. The SMILES string of the molecule is CCc1cccc(CC)c1-c1c(CC)nn(-c2cc(C)cc(Oc3ccc4c5ccccc5n(-c5cc(OC)ccn5)c4c3)c2)c1CC. The molecule has 242 valence electrons. The molecule has 3 aromatic heterocycles. The van der Waals surface area contributed by atoms with E-state index >= 15 is 0 Å². The van der Waals surface area contributed by atoms with Gasteiger partial charge in [0.05, 0.1) is 35.2 Å². The first-order chi connectivity index (χ1) is 23.5. The van der Waals surface area contributed by atoms with E-state index in [-0.39, 0.29) is 0 Å². The van der Waals surface area contributed by atoms with Gasteiger partial charge >= 0.3 is 0 Å². The van der Waals surface area contributed by atoms with Crippen LogP contribution in [0, 0.1) is 6.92 Å². The van der Waals surface area contributed by atoms with Crippen molar-refractivity contribution in [3.05, 3.63) is 125 Å². The van der Waals surface area contributed by atoms with Crippen molar-refractivity contribution in [2.75, 3.05) is 7.11 Å². The summed E-state index contributed by atoms with van der Waals surface area (Å²) in [4.78, 5) is 4.71. The van der Waals surface area contributed by atoms with Crippen LogP contribution >= 0.6 is 0 Å². The molecule has 0 saturated heterocycles. The van der Waals surface area contributed by atoms with Gasteiger partial charge < -0.3 is 9.47 Å². The average Bonchev–Trinajstić information content (AvgIpc) is 3.66. The second-order valence-corrected chi connectivity index (χ2v) is 12.2. The van der Waals surface area contributed by atoms with Gasteiger partial charge in [-0.15, -0.1) is 0 Å². The van der Waals surface area contributed by atoms with Gasteiger partial charge in [-0.1, -0.05) is 64.1 Å². The lowest BCUT2D eigenvalue weighted by Gasteiger charge is -2.16. The molecule has 3 heterocycles. The number of pyridine rings is 1. The topological polar surface area (TPSA) is 54.1 Å². The van der Waals surface area contributed by atoms with Crippen LogP contribution in [0.3, 0.4) is 0 Å². The summed E-state index contributed by atoms with van der Waals surface area (Å²) in [5.41, 5.74) is 12.0. The predicted molar refractivity (Wildman–Crippen MR) is 196 cm³/mol. The number of rotatable bonds is 10. The molecular weight excluding hydrogens is 592 g/mol.